The molecule has 2 amide bonds. The first-order chi connectivity index (χ1) is 17.0. The van der Waals surface area contributed by atoms with Crippen LogP contribution in [0.5, 0.6) is 0 Å². The topological polar surface area (TPSA) is 84.9 Å². The fourth-order valence-electron chi connectivity index (χ4n) is 3.45. The van der Waals surface area contributed by atoms with E-state index < -0.39 is 18.2 Å². The van der Waals surface area contributed by atoms with Crippen LogP contribution < -0.4 is 5.32 Å². The second-order valence-electron chi connectivity index (χ2n) is 7.94. The average molecular weight is 515 g/mol. The Hall–Kier alpha value is -3.17. The third kappa shape index (κ3) is 9.54. The third-order valence-corrected chi connectivity index (χ3v) is 6.85. The molecule has 1 aromatic carbocycles. The smallest absolute Gasteiger partial charge is 0.407 e. The number of amides is 2. The summed E-state index contributed by atoms with van der Waals surface area (Å²) in [4.78, 5) is 40.9. The van der Waals surface area contributed by atoms with Crippen LogP contribution in [0, 0.1) is 0 Å². The van der Waals surface area contributed by atoms with Gasteiger partial charge in [-0.25, -0.2) is 4.79 Å². The maximum absolute atomic E-state index is 13.4. The Balaban J connectivity index is 1.48. The van der Waals surface area contributed by atoms with Crippen LogP contribution in [0.25, 0.3) is 0 Å². The van der Waals surface area contributed by atoms with Crippen LogP contribution in [-0.4, -0.2) is 35.5 Å². The zero-order valence-corrected chi connectivity index (χ0v) is 21.3. The molecule has 1 N–H and O–H groups in total. The summed E-state index contributed by atoms with van der Waals surface area (Å²) in [5.74, 6) is -0.699. The number of hydrogen-bond donors (Lipinski definition) is 1. The number of rotatable bonds is 13. The molecule has 1 atom stereocenters. The van der Waals surface area contributed by atoms with Crippen molar-refractivity contribution < 1.29 is 23.9 Å². The van der Waals surface area contributed by atoms with Gasteiger partial charge in [0.2, 0.25) is 0 Å². The van der Waals surface area contributed by atoms with Crippen molar-refractivity contribution in [2.24, 2.45) is 0 Å². The maximum Gasteiger partial charge on any atom is 0.407 e. The largest absolute Gasteiger partial charge is 0.452 e. The average Bonchev–Trinajstić information content (AvgIpc) is 3.56. The van der Waals surface area contributed by atoms with E-state index in [1.54, 1.807) is 27.6 Å². The van der Waals surface area contributed by atoms with Gasteiger partial charge in [-0.1, -0.05) is 42.5 Å². The number of unbranched alkanes of at least 4 members (excludes halogenated alkanes) is 1. The Labute approximate surface area is 213 Å². The van der Waals surface area contributed by atoms with Gasteiger partial charge in [0.25, 0.3) is 5.91 Å². The lowest BCUT2D eigenvalue weighted by molar-refractivity contribution is -0.159. The highest BCUT2D eigenvalue weighted by molar-refractivity contribution is 7.10. The summed E-state index contributed by atoms with van der Waals surface area (Å²) in [6, 6.07) is 17.3. The summed E-state index contributed by atoms with van der Waals surface area (Å²) >= 11 is 3.17. The highest BCUT2D eigenvalue weighted by Crippen LogP contribution is 2.20. The molecule has 3 aromatic rings. The van der Waals surface area contributed by atoms with Crippen LogP contribution in [-0.2, 0) is 38.8 Å². The molecule has 1 unspecified atom stereocenters. The molecular weight excluding hydrogens is 484 g/mol. The number of alkyl carbamates (subject to hydrolysis) is 1. The standard InChI is InChI=1S/C26H30N2O5S2/c1-20(29)33-24(13-5-6-14-27-26(31)32-19-21-9-3-2-4-10-21)25(30)28(17-22-11-7-15-34-22)18-23-12-8-16-35-23/h2-4,7-12,15-16,24H,5-6,13-14,17-19H2,1H3,(H,27,31). The minimum Gasteiger partial charge on any atom is -0.452 e. The van der Waals surface area contributed by atoms with Crippen molar-refractivity contribution >= 4 is 40.6 Å². The Morgan fingerprint density at radius 3 is 2.14 bits per heavy atom. The normalized spacial score (nSPS) is 11.5. The molecule has 0 saturated heterocycles. The molecule has 7 nitrogen and oxygen atoms in total. The fourth-order valence-corrected chi connectivity index (χ4v) is 4.89. The van der Waals surface area contributed by atoms with Gasteiger partial charge < -0.3 is 19.7 Å². The maximum atomic E-state index is 13.4. The Morgan fingerprint density at radius 1 is 0.914 bits per heavy atom. The van der Waals surface area contributed by atoms with E-state index in [1.807, 2.05) is 65.4 Å². The molecule has 186 valence electrons. The number of carbonyl (C=O) groups excluding carboxylic acids is 3. The molecule has 35 heavy (non-hydrogen) atoms. The predicted octanol–water partition coefficient (Wildman–Crippen LogP) is 5.37. The van der Waals surface area contributed by atoms with Gasteiger partial charge in [0.05, 0.1) is 13.1 Å². The quantitative estimate of drug-likeness (QED) is 0.245. The van der Waals surface area contributed by atoms with Crippen molar-refractivity contribution in [2.45, 2.75) is 52.0 Å². The zero-order chi connectivity index (χ0) is 24.9. The molecule has 3 rings (SSSR count). The number of benzene rings is 1. The lowest BCUT2D eigenvalue weighted by Gasteiger charge is -2.26. The minimum absolute atomic E-state index is 0.208. The first kappa shape index (κ1) is 26.4. The summed E-state index contributed by atoms with van der Waals surface area (Å²) in [6.07, 6.45) is 0.261. The van der Waals surface area contributed by atoms with Crippen molar-refractivity contribution in [1.29, 1.82) is 0 Å². The van der Waals surface area contributed by atoms with Crippen LogP contribution >= 0.6 is 22.7 Å². The van der Waals surface area contributed by atoms with Gasteiger partial charge >= 0.3 is 12.1 Å². The number of nitrogens with one attached hydrogen (secondary N) is 1. The Bertz CT molecular complexity index is 1000. The van der Waals surface area contributed by atoms with Crippen molar-refractivity contribution in [1.82, 2.24) is 10.2 Å². The van der Waals surface area contributed by atoms with E-state index in [4.69, 9.17) is 9.47 Å². The second kappa shape index (κ2) is 14.3. The molecule has 0 saturated carbocycles. The lowest BCUT2D eigenvalue weighted by atomic mass is 10.1. The predicted molar refractivity (Wildman–Crippen MR) is 137 cm³/mol. The summed E-state index contributed by atoms with van der Waals surface area (Å²) < 4.78 is 10.6. The van der Waals surface area contributed by atoms with Gasteiger partial charge in [-0.2, -0.15) is 0 Å². The van der Waals surface area contributed by atoms with Crippen LogP contribution in [0.1, 0.15) is 41.5 Å². The molecule has 2 heterocycles. The summed E-state index contributed by atoms with van der Waals surface area (Å²) in [6.45, 7) is 2.85. The van der Waals surface area contributed by atoms with E-state index in [-0.39, 0.29) is 12.5 Å². The van der Waals surface area contributed by atoms with Crippen molar-refractivity contribution in [3.8, 4) is 0 Å². The summed E-state index contributed by atoms with van der Waals surface area (Å²) in [7, 11) is 0. The Kier molecular flexibility index (Phi) is 10.8. The van der Waals surface area contributed by atoms with E-state index in [0.717, 1.165) is 15.3 Å². The molecular formula is C26H30N2O5S2. The van der Waals surface area contributed by atoms with E-state index in [9.17, 15) is 14.4 Å². The van der Waals surface area contributed by atoms with Crippen molar-refractivity contribution in [3.05, 3.63) is 80.7 Å². The highest BCUT2D eigenvalue weighted by Gasteiger charge is 2.27. The van der Waals surface area contributed by atoms with E-state index in [0.29, 0.717) is 38.9 Å². The lowest BCUT2D eigenvalue weighted by Crippen LogP contribution is -2.40. The van der Waals surface area contributed by atoms with E-state index in [1.165, 1.54) is 6.92 Å². The van der Waals surface area contributed by atoms with E-state index in [2.05, 4.69) is 5.32 Å². The minimum atomic E-state index is -0.863. The van der Waals surface area contributed by atoms with Crippen LogP contribution in [0.15, 0.2) is 65.4 Å². The Morgan fingerprint density at radius 2 is 1.57 bits per heavy atom. The summed E-state index contributed by atoms with van der Waals surface area (Å²) in [5.41, 5.74) is 0.917. The molecule has 0 aliphatic rings. The molecule has 9 heteroatoms. The number of nitrogens with zero attached hydrogens (tertiary/aromatic N) is 1. The summed E-state index contributed by atoms with van der Waals surface area (Å²) in [5, 5.41) is 6.67. The first-order valence-corrected chi connectivity index (χ1v) is 13.2. The van der Waals surface area contributed by atoms with Crippen LogP contribution in [0.3, 0.4) is 0 Å². The van der Waals surface area contributed by atoms with E-state index >= 15 is 0 Å². The number of esters is 1. The molecule has 0 aliphatic carbocycles. The van der Waals surface area contributed by atoms with Gasteiger partial charge in [-0.15, -0.1) is 22.7 Å². The number of ether oxygens (including phenoxy) is 2. The highest BCUT2D eigenvalue weighted by atomic mass is 32.1. The second-order valence-corrected chi connectivity index (χ2v) is 10.00. The van der Waals surface area contributed by atoms with Gasteiger partial charge in [-0.05, 0) is 47.7 Å². The molecule has 0 spiro atoms. The van der Waals surface area contributed by atoms with Gasteiger partial charge in [-0.3, -0.25) is 9.59 Å². The number of carbonyl (C=O) groups is 3. The first-order valence-electron chi connectivity index (χ1n) is 11.5. The molecule has 0 fully saturated rings. The van der Waals surface area contributed by atoms with Gasteiger partial charge in [0.15, 0.2) is 6.10 Å². The fraction of sp³-hybridized carbons (Fsp3) is 0.346. The molecule has 2 aromatic heterocycles. The van der Waals surface area contributed by atoms with Crippen molar-refractivity contribution in [2.75, 3.05) is 6.54 Å². The molecule has 0 aliphatic heterocycles. The van der Waals surface area contributed by atoms with Gasteiger partial charge in [0.1, 0.15) is 6.61 Å². The van der Waals surface area contributed by atoms with Crippen LogP contribution in [0.4, 0.5) is 4.79 Å². The molecule has 0 radical (unpaired) electrons. The van der Waals surface area contributed by atoms with Crippen LogP contribution in [0.2, 0.25) is 0 Å². The van der Waals surface area contributed by atoms with Gasteiger partial charge in [0, 0.05) is 23.2 Å². The van der Waals surface area contributed by atoms with Crippen molar-refractivity contribution in [3.63, 3.8) is 0 Å². The zero-order valence-electron chi connectivity index (χ0n) is 19.7. The molecule has 0 bridgehead atoms. The monoisotopic (exact) mass is 514 g/mol. The number of thiophene rings is 2. The third-order valence-electron chi connectivity index (χ3n) is 5.12. The number of hydrogen-bond acceptors (Lipinski definition) is 7. The SMILES string of the molecule is CC(=O)OC(CCCCNC(=O)OCc1ccccc1)C(=O)N(Cc1cccs1)Cc1cccs1.